The maximum atomic E-state index is 3.78. The molecule has 0 atom stereocenters. The summed E-state index contributed by atoms with van der Waals surface area (Å²) >= 11 is 7.55. The van der Waals surface area contributed by atoms with Crippen LogP contribution in [0.2, 0.25) is 0 Å². The van der Waals surface area contributed by atoms with Gasteiger partial charge in [0.1, 0.15) is 0 Å². The summed E-state index contributed by atoms with van der Waals surface area (Å²) in [6, 6.07) is 57.1. The molecule has 0 N–H and O–H groups in total. The average Bonchev–Trinajstić information content (AvgIpc) is 2.99. The minimum Gasteiger partial charge on any atom is -0.133 e. The van der Waals surface area contributed by atoms with E-state index in [1.165, 1.54) is 41.8 Å². The van der Waals surface area contributed by atoms with Gasteiger partial charge in [-0.05, 0) is 82.9 Å². The second-order valence-corrected chi connectivity index (χ2v) is 14.2. The highest BCUT2D eigenvalue weighted by molar-refractivity contribution is 9.10. The summed E-state index contributed by atoms with van der Waals surface area (Å²) in [6.45, 7) is 0. The fourth-order valence-corrected chi connectivity index (χ4v) is 10.1. The van der Waals surface area contributed by atoms with Gasteiger partial charge in [0, 0.05) is 28.5 Å². The Morgan fingerprint density at radius 1 is 0.308 bits per heavy atom. The first-order chi connectivity index (χ1) is 19.1. The van der Waals surface area contributed by atoms with Crippen molar-refractivity contribution in [1.29, 1.82) is 0 Å². The Bertz CT molecular complexity index is 1560. The van der Waals surface area contributed by atoms with Crippen LogP contribution in [0.1, 0.15) is 0 Å². The monoisotopic (exact) mass is 648 g/mol. The van der Waals surface area contributed by atoms with Crippen molar-refractivity contribution < 1.29 is 0 Å². The van der Waals surface area contributed by atoms with Gasteiger partial charge in [-0.15, -0.1) is 10.0 Å². The van der Waals surface area contributed by atoms with Crippen LogP contribution in [0.3, 0.4) is 0 Å². The largest absolute Gasteiger partial charge is 0.133 e. The van der Waals surface area contributed by atoms with Gasteiger partial charge in [-0.1, -0.05) is 129 Å². The maximum absolute atomic E-state index is 3.78. The maximum Gasteiger partial charge on any atom is 0.0186 e. The summed E-state index contributed by atoms with van der Waals surface area (Å²) in [5, 5.41) is 0. The van der Waals surface area contributed by atoms with E-state index in [1.54, 1.807) is 0 Å². The Morgan fingerprint density at radius 2 is 0.667 bits per heavy atom. The molecule has 0 amide bonds. The van der Waals surface area contributed by atoms with Crippen molar-refractivity contribution in [2.75, 3.05) is 0 Å². The Kier molecular flexibility index (Phi) is 7.56. The smallest absolute Gasteiger partial charge is 0.0186 e. The van der Waals surface area contributed by atoms with E-state index in [-0.39, 0.29) is 0 Å². The Labute approximate surface area is 249 Å². The molecule has 0 spiro atoms. The van der Waals surface area contributed by atoms with E-state index in [2.05, 4.69) is 190 Å². The molecule has 0 aliphatic heterocycles. The zero-order valence-electron chi connectivity index (χ0n) is 21.2. The average molecular weight is 650 g/mol. The van der Waals surface area contributed by atoms with Gasteiger partial charge in [0.15, 0.2) is 0 Å². The van der Waals surface area contributed by atoms with Crippen molar-refractivity contribution in [2.24, 2.45) is 0 Å². The van der Waals surface area contributed by atoms with Crippen LogP contribution in [-0.4, -0.2) is 0 Å². The van der Waals surface area contributed by atoms with E-state index in [0.717, 1.165) is 8.95 Å². The topological polar surface area (TPSA) is 0 Å². The highest BCUT2D eigenvalue weighted by Crippen LogP contribution is 2.73. The third kappa shape index (κ3) is 5.15. The first-order valence-corrected chi connectivity index (χ1v) is 16.0. The summed E-state index contributed by atoms with van der Waals surface area (Å²) in [6.07, 6.45) is 0. The van der Waals surface area contributed by atoms with Crippen LogP contribution >= 0.6 is 41.9 Å². The lowest BCUT2D eigenvalue weighted by Crippen LogP contribution is -2.05. The lowest BCUT2D eigenvalue weighted by Gasteiger charge is -2.42. The zero-order valence-corrected chi connectivity index (χ0v) is 25.2. The molecule has 0 aliphatic carbocycles. The Hall–Kier alpha value is -3.37. The van der Waals surface area contributed by atoms with Crippen LogP contribution in [0.5, 0.6) is 0 Å². The van der Waals surface area contributed by atoms with Crippen LogP contribution in [-0.2, 0) is 0 Å². The van der Waals surface area contributed by atoms with Gasteiger partial charge < -0.3 is 0 Å². The minimum atomic E-state index is -1.81. The summed E-state index contributed by atoms with van der Waals surface area (Å²) in [7, 11) is -1.81. The predicted octanol–water partition coefficient (Wildman–Crippen LogP) is 11.9. The van der Waals surface area contributed by atoms with Gasteiger partial charge in [0.05, 0.1) is 0 Å². The molecule has 0 nitrogen and oxygen atoms in total. The summed E-state index contributed by atoms with van der Waals surface area (Å²) in [5.41, 5.74) is 4.88. The van der Waals surface area contributed by atoms with Crippen LogP contribution in [0.25, 0.3) is 22.3 Å². The molecule has 0 aromatic heterocycles. The van der Waals surface area contributed by atoms with Gasteiger partial charge in [0.25, 0.3) is 0 Å². The van der Waals surface area contributed by atoms with E-state index in [9.17, 15) is 0 Å². The minimum absolute atomic E-state index is 1.08. The fourth-order valence-electron chi connectivity index (χ4n) is 5.10. The molecule has 0 heterocycles. The molecule has 6 aromatic rings. The molecule has 6 rings (SSSR count). The van der Waals surface area contributed by atoms with Gasteiger partial charge in [-0.3, -0.25) is 0 Å². The standard InChI is InChI=1S/C36H26Br2S/c37-31-13-7-15-35(25-31)39(36-16-8-14-32(38)26-36,33-21-17-29(18-22-33)27-9-3-1-4-10-27)34-23-19-30(20-24-34)28-11-5-2-6-12-28/h1-26H. The molecule has 0 aliphatic rings. The van der Waals surface area contributed by atoms with Crippen LogP contribution < -0.4 is 0 Å². The summed E-state index contributed by atoms with van der Waals surface area (Å²) < 4.78 is 2.15. The second-order valence-electron chi connectivity index (χ2n) is 9.31. The number of benzene rings is 6. The Morgan fingerprint density at radius 3 is 1.03 bits per heavy atom. The van der Waals surface area contributed by atoms with E-state index in [0.29, 0.717) is 0 Å². The SMILES string of the molecule is Brc1cccc(S(c2ccc(-c3ccccc3)cc2)(c2ccc(-c3ccccc3)cc2)c2cccc(Br)c2)c1. The molecule has 39 heavy (non-hydrogen) atoms. The first-order valence-electron chi connectivity index (χ1n) is 12.8. The molecule has 0 saturated carbocycles. The highest BCUT2D eigenvalue weighted by atomic mass is 79.9. The van der Waals surface area contributed by atoms with E-state index in [4.69, 9.17) is 0 Å². The summed E-state index contributed by atoms with van der Waals surface area (Å²) in [5.74, 6) is 0. The van der Waals surface area contributed by atoms with Crippen molar-refractivity contribution in [2.45, 2.75) is 19.6 Å². The van der Waals surface area contributed by atoms with Gasteiger partial charge in [-0.2, -0.15) is 0 Å². The first kappa shape index (κ1) is 25.9. The van der Waals surface area contributed by atoms with Gasteiger partial charge >= 0.3 is 0 Å². The second kappa shape index (κ2) is 11.4. The molecule has 0 unspecified atom stereocenters. The predicted molar refractivity (Wildman–Crippen MR) is 173 cm³/mol. The quantitative estimate of drug-likeness (QED) is 0.168. The zero-order chi connectivity index (χ0) is 26.7. The third-order valence-corrected chi connectivity index (χ3v) is 11.8. The van der Waals surface area contributed by atoms with Gasteiger partial charge in [0.2, 0.25) is 0 Å². The lowest BCUT2D eigenvalue weighted by molar-refractivity contribution is 1.23. The van der Waals surface area contributed by atoms with Crippen molar-refractivity contribution >= 4 is 41.9 Å². The molecular formula is C36H26Br2S. The van der Waals surface area contributed by atoms with Crippen molar-refractivity contribution in [1.82, 2.24) is 0 Å². The lowest BCUT2D eigenvalue weighted by atomic mass is 10.1. The van der Waals surface area contributed by atoms with E-state index < -0.39 is 10.0 Å². The summed E-state index contributed by atoms with van der Waals surface area (Å²) in [4.78, 5) is 5.17. The molecule has 190 valence electrons. The normalized spacial score (nSPS) is 11.7. The highest BCUT2D eigenvalue weighted by Gasteiger charge is 2.33. The molecule has 0 bridgehead atoms. The fraction of sp³-hybridized carbons (Fsp3) is 0. The number of halogens is 2. The van der Waals surface area contributed by atoms with E-state index in [1.807, 2.05) is 0 Å². The van der Waals surface area contributed by atoms with Crippen molar-refractivity contribution in [3.8, 4) is 22.3 Å². The molecular weight excluding hydrogens is 624 g/mol. The third-order valence-electron chi connectivity index (χ3n) is 6.93. The molecule has 0 fully saturated rings. The van der Waals surface area contributed by atoms with Gasteiger partial charge in [-0.25, -0.2) is 0 Å². The van der Waals surface area contributed by atoms with E-state index >= 15 is 0 Å². The Balaban J connectivity index is 1.61. The molecule has 3 heteroatoms. The van der Waals surface area contributed by atoms with Crippen molar-refractivity contribution in [3.63, 3.8) is 0 Å². The molecule has 0 radical (unpaired) electrons. The van der Waals surface area contributed by atoms with Crippen LogP contribution in [0.15, 0.2) is 186 Å². The molecule has 6 aromatic carbocycles. The van der Waals surface area contributed by atoms with Crippen molar-refractivity contribution in [3.05, 3.63) is 167 Å². The molecule has 0 saturated heterocycles. The number of rotatable bonds is 6. The number of hydrogen-bond donors (Lipinski definition) is 0. The van der Waals surface area contributed by atoms with Crippen LogP contribution in [0.4, 0.5) is 0 Å². The van der Waals surface area contributed by atoms with Crippen LogP contribution in [0, 0.1) is 0 Å². The number of hydrogen-bond acceptors (Lipinski definition) is 0.